The zero-order chi connectivity index (χ0) is 10.8. The molecule has 5 heteroatoms. The van der Waals surface area contributed by atoms with Gasteiger partial charge in [0.25, 0.3) is 0 Å². The number of halogens is 5. The van der Waals surface area contributed by atoms with E-state index in [1.165, 1.54) is 0 Å². The Kier molecular flexibility index (Phi) is 2.88. The van der Waals surface area contributed by atoms with Crippen LogP contribution in [0.1, 0.15) is 5.56 Å². The Morgan fingerprint density at radius 1 is 1.07 bits per heavy atom. The maximum atomic E-state index is 12.3. The molecule has 0 amide bonds. The number of allylic oxidation sites excluding steroid dienone is 1. The number of alkyl halides is 3. The number of rotatable bonds is 1. The molecule has 1 aromatic rings. The second-order valence-corrected chi connectivity index (χ2v) is 2.54. The summed E-state index contributed by atoms with van der Waals surface area (Å²) in [6, 6.07) is 4.02. The zero-order valence-electron chi connectivity index (χ0n) is 6.78. The van der Waals surface area contributed by atoms with Crippen LogP contribution in [-0.2, 0) is 0 Å². The van der Waals surface area contributed by atoms with Crippen LogP contribution in [0.5, 0.6) is 0 Å². The minimum atomic E-state index is -4.99. The van der Waals surface area contributed by atoms with E-state index in [-0.39, 0.29) is 5.56 Å². The van der Waals surface area contributed by atoms with Crippen LogP contribution >= 0.6 is 0 Å². The highest BCUT2D eigenvalue weighted by atomic mass is 19.4. The predicted molar refractivity (Wildman–Crippen MR) is 41.5 cm³/mol. The van der Waals surface area contributed by atoms with E-state index in [0.717, 1.165) is 24.3 Å². The molecule has 1 rings (SSSR count). The van der Waals surface area contributed by atoms with Gasteiger partial charge in [-0.1, -0.05) is 12.1 Å². The summed E-state index contributed by atoms with van der Waals surface area (Å²) < 4.78 is 59.7. The van der Waals surface area contributed by atoms with Crippen LogP contribution in [0.2, 0.25) is 0 Å². The summed E-state index contributed by atoms with van der Waals surface area (Å²) in [5.41, 5.74) is -0.0405. The molecule has 0 atom stereocenters. The molecule has 0 fully saturated rings. The Bertz CT molecular complexity index is 333. The molecule has 1 aromatic carbocycles. The highest BCUT2D eigenvalue weighted by Crippen LogP contribution is 2.28. The first-order valence-electron chi connectivity index (χ1n) is 3.59. The normalized spacial score (nSPS) is 13.1. The van der Waals surface area contributed by atoms with Crippen LogP contribution in [0.3, 0.4) is 0 Å². The van der Waals surface area contributed by atoms with Crippen LogP contribution in [0.15, 0.2) is 30.1 Å². The van der Waals surface area contributed by atoms with Crippen molar-refractivity contribution in [1.82, 2.24) is 0 Å². The van der Waals surface area contributed by atoms with Crippen molar-refractivity contribution in [2.24, 2.45) is 0 Å². The van der Waals surface area contributed by atoms with Gasteiger partial charge in [0.15, 0.2) is 0 Å². The van der Waals surface area contributed by atoms with Crippen molar-refractivity contribution in [3.63, 3.8) is 0 Å². The van der Waals surface area contributed by atoms with E-state index in [9.17, 15) is 22.0 Å². The van der Waals surface area contributed by atoms with Gasteiger partial charge in [-0.05, 0) is 23.8 Å². The standard InChI is InChI=1S/C9H5F5/c10-7-3-1-6(2-4-7)5-8(11)9(12,13)14/h1-5H/b8-5+. The molecule has 14 heavy (non-hydrogen) atoms. The molecule has 0 saturated heterocycles. The fraction of sp³-hybridized carbons (Fsp3) is 0.111. The summed E-state index contributed by atoms with van der Waals surface area (Å²) in [7, 11) is 0. The molecular weight excluding hydrogens is 203 g/mol. The van der Waals surface area contributed by atoms with Crippen molar-refractivity contribution in [3.8, 4) is 0 Å². The van der Waals surface area contributed by atoms with Crippen molar-refractivity contribution in [3.05, 3.63) is 41.5 Å². The second kappa shape index (κ2) is 3.77. The smallest absolute Gasteiger partial charge is 0.207 e. The lowest BCUT2D eigenvalue weighted by atomic mass is 10.2. The van der Waals surface area contributed by atoms with Gasteiger partial charge in [-0.3, -0.25) is 0 Å². The molecule has 0 heterocycles. The van der Waals surface area contributed by atoms with Crippen molar-refractivity contribution in [2.45, 2.75) is 6.18 Å². The molecule has 0 bridgehead atoms. The minimum Gasteiger partial charge on any atom is -0.207 e. The minimum absolute atomic E-state index is 0.0405. The van der Waals surface area contributed by atoms with Gasteiger partial charge in [0.1, 0.15) is 5.82 Å². The third-order valence-electron chi connectivity index (χ3n) is 1.43. The average molecular weight is 208 g/mol. The highest BCUT2D eigenvalue weighted by molar-refractivity contribution is 5.51. The molecule has 0 aromatic heterocycles. The van der Waals surface area contributed by atoms with Gasteiger partial charge >= 0.3 is 6.18 Å². The van der Waals surface area contributed by atoms with E-state index in [4.69, 9.17) is 0 Å². The lowest BCUT2D eigenvalue weighted by Crippen LogP contribution is -2.07. The van der Waals surface area contributed by atoms with Crippen molar-refractivity contribution in [2.75, 3.05) is 0 Å². The fourth-order valence-corrected chi connectivity index (χ4v) is 0.787. The summed E-state index contributed by atoms with van der Waals surface area (Å²) in [5, 5.41) is 0. The van der Waals surface area contributed by atoms with Crippen LogP contribution in [0, 0.1) is 5.82 Å². The largest absolute Gasteiger partial charge is 0.442 e. The van der Waals surface area contributed by atoms with Gasteiger partial charge in [0, 0.05) is 0 Å². The molecule has 0 N–H and O–H groups in total. The maximum Gasteiger partial charge on any atom is 0.442 e. The lowest BCUT2D eigenvalue weighted by molar-refractivity contribution is -0.107. The SMILES string of the molecule is F/C(=C/c1ccc(F)cc1)C(F)(F)F. The second-order valence-electron chi connectivity index (χ2n) is 2.54. The third-order valence-corrected chi connectivity index (χ3v) is 1.43. The molecule has 0 nitrogen and oxygen atoms in total. The van der Waals surface area contributed by atoms with Crippen LogP contribution < -0.4 is 0 Å². The third kappa shape index (κ3) is 2.83. The molecule has 0 saturated carbocycles. The first kappa shape index (κ1) is 10.7. The Balaban J connectivity index is 2.93. The van der Waals surface area contributed by atoms with Crippen LogP contribution in [0.4, 0.5) is 22.0 Å². The Hall–Kier alpha value is -1.39. The van der Waals surface area contributed by atoms with E-state index in [1.54, 1.807) is 0 Å². The molecule has 0 aliphatic rings. The topological polar surface area (TPSA) is 0 Å². The van der Waals surface area contributed by atoms with Gasteiger partial charge in [0.05, 0.1) is 0 Å². The van der Waals surface area contributed by atoms with Crippen molar-refractivity contribution in [1.29, 1.82) is 0 Å². The fourth-order valence-electron chi connectivity index (χ4n) is 0.787. The summed E-state index contributed by atoms with van der Waals surface area (Å²) in [6.45, 7) is 0. The van der Waals surface area contributed by atoms with E-state index >= 15 is 0 Å². The molecule has 0 radical (unpaired) electrons. The summed E-state index contributed by atoms with van der Waals surface area (Å²) >= 11 is 0. The first-order valence-corrected chi connectivity index (χ1v) is 3.59. The monoisotopic (exact) mass is 208 g/mol. The number of benzene rings is 1. The van der Waals surface area contributed by atoms with Crippen LogP contribution in [0.25, 0.3) is 6.08 Å². The molecule has 0 aliphatic heterocycles. The highest BCUT2D eigenvalue weighted by Gasteiger charge is 2.34. The molecule has 0 aliphatic carbocycles. The molecule has 76 valence electrons. The molecular formula is C9H5F5. The Morgan fingerprint density at radius 3 is 2.00 bits per heavy atom. The van der Waals surface area contributed by atoms with E-state index < -0.39 is 17.8 Å². The summed E-state index contributed by atoms with van der Waals surface area (Å²) in [6.07, 6.45) is -4.69. The molecule has 0 spiro atoms. The zero-order valence-corrected chi connectivity index (χ0v) is 6.78. The van der Waals surface area contributed by atoms with Gasteiger partial charge < -0.3 is 0 Å². The first-order chi connectivity index (χ1) is 6.39. The van der Waals surface area contributed by atoms with Gasteiger partial charge in [-0.2, -0.15) is 13.2 Å². The summed E-state index contributed by atoms with van der Waals surface area (Å²) in [5.74, 6) is -2.79. The lowest BCUT2D eigenvalue weighted by Gasteiger charge is -2.02. The van der Waals surface area contributed by atoms with Crippen LogP contribution in [-0.4, -0.2) is 6.18 Å². The van der Waals surface area contributed by atoms with E-state index in [1.807, 2.05) is 0 Å². The summed E-state index contributed by atoms with van der Waals surface area (Å²) in [4.78, 5) is 0. The Labute approximate surface area is 76.7 Å². The number of hydrogen-bond donors (Lipinski definition) is 0. The van der Waals surface area contributed by atoms with Crippen molar-refractivity contribution >= 4 is 6.08 Å². The van der Waals surface area contributed by atoms with Gasteiger partial charge in [0.2, 0.25) is 5.83 Å². The average Bonchev–Trinajstić information content (AvgIpc) is 2.07. The van der Waals surface area contributed by atoms with Gasteiger partial charge in [-0.15, -0.1) is 0 Å². The van der Waals surface area contributed by atoms with Gasteiger partial charge in [-0.25, -0.2) is 8.78 Å². The van der Waals surface area contributed by atoms with E-state index in [0.29, 0.717) is 6.08 Å². The number of hydrogen-bond acceptors (Lipinski definition) is 0. The molecule has 0 unspecified atom stereocenters. The quantitative estimate of drug-likeness (QED) is 0.617. The van der Waals surface area contributed by atoms with Crippen molar-refractivity contribution < 1.29 is 22.0 Å². The maximum absolute atomic E-state index is 12.3. The predicted octanol–water partition coefficient (Wildman–Crippen LogP) is 3.70. The Morgan fingerprint density at radius 2 is 1.57 bits per heavy atom. The van der Waals surface area contributed by atoms with E-state index in [2.05, 4.69) is 0 Å².